The molecule has 0 saturated carbocycles. The number of benzene rings is 1. The molecule has 2 rings (SSSR count). The lowest BCUT2D eigenvalue weighted by Crippen LogP contribution is -2.46. The Morgan fingerprint density at radius 2 is 2.17 bits per heavy atom. The Labute approximate surface area is 105 Å². The van der Waals surface area contributed by atoms with Crippen LogP contribution in [0.1, 0.15) is 6.92 Å². The predicted molar refractivity (Wildman–Crippen MR) is 63.9 cm³/mol. The van der Waals surface area contributed by atoms with Gasteiger partial charge >= 0.3 is 0 Å². The van der Waals surface area contributed by atoms with Crippen LogP contribution in [-0.2, 0) is 9.53 Å². The van der Waals surface area contributed by atoms with Crippen molar-refractivity contribution in [1.29, 1.82) is 0 Å². The summed E-state index contributed by atoms with van der Waals surface area (Å²) in [7, 11) is 0. The quantitative estimate of drug-likeness (QED) is 0.818. The van der Waals surface area contributed by atoms with Gasteiger partial charge < -0.3 is 14.4 Å². The molecule has 1 heterocycles. The van der Waals surface area contributed by atoms with Crippen LogP contribution in [0.4, 0.5) is 4.39 Å². The minimum Gasteiger partial charge on any atom is -0.481 e. The van der Waals surface area contributed by atoms with Crippen LogP contribution in [0.25, 0.3) is 0 Å². The van der Waals surface area contributed by atoms with Crippen LogP contribution in [0, 0.1) is 5.82 Å². The number of rotatable bonds is 3. The van der Waals surface area contributed by atoms with E-state index in [0.717, 1.165) is 0 Å². The highest BCUT2D eigenvalue weighted by molar-refractivity contribution is 5.81. The summed E-state index contributed by atoms with van der Waals surface area (Å²) in [5.41, 5.74) is 0. The molecule has 0 aliphatic carbocycles. The zero-order valence-corrected chi connectivity index (χ0v) is 10.3. The van der Waals surface area contributed by atoms with Crippen molar-refractivity contribution >= 4 is 5.91 Å². The summed E-state index contributed by atoms with van der Waals surface area (Å²) in [5.74, 6) is -0.106. The molecule has 4 nitrogen and oxygen atoms in total. The molecule has 0 spiro atoms. The topological polar surface area (TPSA) is 38.8 Å². The van der Waals surface area contributed by atoms with Crippen molar-refractivity contribution in [2.45, 2.75) is 13.0 Å². The largest absolute Gasteiger partial charge is 0.481 e. The van der Waals surface area contributed by atoms with Crippen molar-refractivity contribution in [2.75, 3.05) is 26.3 Å². The summed E-state index contributed by atoms with van der Waals surface area (Å²) >= 11 is 0. The van der Waals surface area contributed by atoms with Crippen molar-refractivity contribution in [3.63, 3.8) is 0 Å². The molecule has 98 valence electrons. The smallest absolute Gasteiger partial charge is 0.263 e. The molecule has 1 aliphatic heterocycles. The van der Waals surface area contributed by atoms with Gasteiger partial charge in [0.05, 0.1) is 13.2 Å². The average Bonchev–Trinajstić information content (AvgIpc) is 2.39. The maximum atomic E-state index is 13.0. The Hall–Kier alpha value is -1.62. The second-order valence-corrected chi connectivity index (χ2v) is 4.16. The minimum atomic E-state index is -0.620. The van der Waals surface area contributed by atoms with Crippen LogP contribution < -0.4 is 4.74 Å². The summed E-state index contributed by atoms with van der Waals surface area (Å²) in [4.78, 5) is 13.7. The molecule has 1 atom stereocenters. The molecule has 1 aromatic carbocycles. The van der Waals surface area contributed by atoms with E-state index in [1.165, 1.54) is 12.1 Å². The van der Waals surface area contributed by atoms with E-state index in [-0.39, 0.29) is 11.7 Å². The Kier molecular flexibility index (Phi) is 4.15. The third kappa shape index (κ3) is 3.20. The number of nitrogens with zero attached hydrogens (tertiary/aromatic N) is 1. The molecule has 1 fully saturated rings. The summed E-state index contributed by atoms with van der Waals surface area (Å²) in [6.45, 7) is 3.94. The maximum absolute atomic E-state index is 13.0. The van der Waals surface area contributed by atoms with Crippen molar-refractivity contribution in [2.24, 2.45) is 0 Å². The van der Waals surface area contributed by atoms with Gasteiger partial charge in [-0.15, -0.1) is 0 Å². The van der Waals surface area contributed by atoms with Gasteiger partial charge in [-0.2, -0.15) is 0 Å². The molecular weight excluding hydrogens is 237 g/mol. The Morgan fingerprint density at radius 1 is 1.44 bits per heavy atom. The fourth-order valence-corrected chi connectivity index (χ4v) is 1.84. The third-order valence-corrected chi connectivity index (χ3v) is 2.78. The van der Waals surface area contributed by atoms with Gasteiger partial charge in [0.25, 0.3) is 5.91 Å². The summed E-state index contributed by atoms with van der Waals surface area (Å²) in [6, 6.07) is 5.78. The molecular formula is C13H16FNO3. The first-order valence-corrected chi connectivity index (χ1v) is 5.95. The molecule has 0 aromatic heterocycles. The zero-order valence-electron chi connectivity index (χ0n) is 10.3. The van der Waals surface area contributed by atoms with Gasteiger partial charge in [0.1, 0.15) is 11.6 Å². The SMILES string of the molecule is CC(Oc1cccc(F)c1)C(=O)N1CCOCC1. The molecule has 0 bridgehead atoms. The standard InChI is InChI=1S/C13H16FNO3/c1-10(13(16)15-5-7-17-8-6-15)18-12-4-2-3-11(14)9-12/h2-4,9-10H,5-8H2,1H3. The van der Waals surface area contributed by atoms with E-state index in [2.05, 4.69) is 0 Å². The van der Waals surface area contributed by atoms with Crippen molar-refractivity contribution in [3.05, 3.63) is 30.1 Å². The fourth-order valence-electron chi connectivity index (χ4n) is 1.84. The molecule has 0 radical (unpaired) electrons. The molecule has 5 heteroatoms. The Balaban J connectivity index is 1.94. The van der Waals surface area contributed by atoms with E-state index in [9.17, 15) is 9.18 Å². The number of halogens is 1. The number of carbonyl (C=O) groups is 1. The van der Waals surface area contributed by atoms with Gasteiger partial charge in [-0.1, -0.05) is 6.07 Å². The highest BCUT2D eigenvalue weighted by atomic mass is 19.1. The highest BCUT2D eigenvalue weighted by Gasteiger charge is 2.23. The van der Waals surface area contributed by atoms with Gasteiger partial charge in [0.15, 0.2) is 6.10 Å². The molecule has 1 amide bonds. The lowest BCUT2D eigenvalue weighted by Gasteiger charge is -2.29. The Morgan fingerprint density at radius 3 is 2.83 bits per heavy atom. The summed E-state index contributed by atoms with van der Waals surface area (Å²) < 4.78 is 23.6. The fraction of sp³-hybridized carbons (Fsp3) is 0.462. The van der Waals surface area contributed by atoms with E-state index < -0.39 is 6.10 Å². The maximum Gasteiger partial charge on any atom is 0.263 e. The molecule has 1 unspecified atom stereocenters. The first-order valence-electron chi connectivity index (χ1n) is 5.95. The van der Waals surface area contributed by atoms with Crippen molar-refractivity contribution < 1.29 is 18.7 Å². The lowest BCUT2D eigenvalue weighted by molar-refractivity contribution is -0.142. The number of hydrogen-bond donors (Lipinski definition) is 0. The van der Waals surface area contributed by atoms with Crippen LogP contribution in [0.15, 0.2) is 24.3 Å². The van der Waals surface area contributed by atoms with Gasteiger partial charge in [-0.25, -0.2) is 4.39 Å². The van der Waals surface area contributed by atoms with Crippen LogP contribution in [0.5, 0.6) is 5.75 Å². The second kappa shape index (κ2) is 5.82. The molecule has 1 aromatic rings. The molecule has 0 N–H and O–H groups in total. The third-order valence-electron chi connectivity index (χ3n) is 2.78. The zero-order chi connectivity index (χ0) is 13.0. The number of amides is 1. The highest BCUT2D eigenvalue weighted by Crippen LogP contribution is 2.15. The first-order chi connectivity index (χ1) is 8.66. The van der Waals surface area contributed by atoms with Gasteiger partial charge in [-0.3, -0.25) is 4.79 Å². The molecule has 1 aliphatic rings. The van der Waals surface area contributed by atoms with Gasteiger partial charge in [0, 0.05) is 19.2 Å². The minimum absolute atomic E-state index is 0.0949. The first kappa shape index (κ1) is 12.8. The van der Waals surface area contributed by atoms with Crippen molar-refractivity contribution in [1.82, 2.24) is 4.90 Å². The van der Waals surface area contributed by atoms with Crippen LogP contribution in [0.2, 0.25) is 0 Å². The second-order valence-electron chi connectivity index (χ2n) is 4.16. The van der Waals surface area contributed by atoms with Crippen LogP contribution in [-0.4, -0.2) is 43.2 Å². The number of hydrogen-bond acceptors (Lipinski definition) is 3. The van der Waals surface area contributed by atoms with Gasteiger partial charge in [-0.05, 0) is 19.1 Å². The molecule has 1 saturated heterocycles. The van der Waals surface area contributed by atoms with Crippen LogP contribution >= 0.6 is 0 Å². The predicted octanol–water partition coefficient (Wildman–Crippen LogP) is 1.45. The van der Waals surface area contributed by atoms with E-state index in [0.29, 0.717) is 32.1 Å². The van der Waals surface area contributed by atoms with Crippen LogP contribution in [0.3, 0.4) is 0 Å². The van der Waals surface area contributed by atoms with Crippen molar-refractivity contribution in [3.8, 4) is 5.75 Å². The lowest BCUT2D eigenvalue weighted by atomic mass is 10.3. The molecule has 18 heavy (non-hydrogen) atoms. The van der Waals surface area contributed by atoms with Gasteiger partial charge in [0.2, 0.25) is 0 Å². The summed E-state index contributed by atoms with van der Waals surface area (Å²) in [5, 5.41) is 0. The summed E-state index contributed by atoms with van der Waals surface area (Å²) in [6.07, 6.45) is -0.620. The Bertz CT molecular complexity index is 418. The number of morpholine rings is 1. The average molecular weight is 253 g/mol. The normalized spacial score (nSPS) is 17.3. The number of ether oxygens (including phenoxy) is 2. The van der Waals surface area contributed by atoms with E-state index in [4.69, 9.17) is 9.47 Å². The number of carbonyl (C=O) groups excluding carboxylic acids is 1. The van der Waals surface area contributed by atoms with E-state index in [1.54, 1.807) is 24.0 Å². The monoisotopic (exact) mass is 253 g/mol. The van der Waals surface area contributed by atoms with E-state index >= 15 is 0 Å². The van der Waals surface area contributed by atoms with E-state index in [1.807, 2.05) is 0 Å².